The highest BCUT2D eigenvalue weighted by Crippen LogP contribution is 2.36. The van der Waals surface area contributed by atoms with Crippen LogP contribution < -0.4 is 15.4 Å². The number of hydrogen-bond donors (Lipinski definition) is 2. The second kappa shape index (κ2) is 7.27. The lowest BCUT2D eigenvalue weighted by atomic mass is 9.80. The Morgan fingerprint density at radius 1 is 1.24 bits per heavy atom. The Morgan fingerprint density at radius 3 is 2.68 bits per heavy atom. The summed E-state index contributed by atoms with van der Waals surface area (Å²) in [6.07, 6.45) is 1.28. The van der Waals surface area contributed by atoms with E-state index in [4.69, 9.17) is 10.5 Å². The largest absolute Gasteiger partial charge is 0.491 e. The van der Waals surface area contributed by atoms with Gasteiger partial charge in [-0.3, -0.25) is 0 Å². The summed E-state index contributed by atoms with van der Waals surface area (Å²) in [4.78, 5) is 10.7. The van der Waals surface area contributed by atoms with Crippen LogP contribution in [0, 0.1) is 13.8 Å². The average molecular weight is 342 g/mol. The van der Waals surface area contributed by atoms with Gasteiger partial charge in [-0.2, -0.15) is 4.98 Å². The highest BCUT2D eigenvalue weighted by Gasteiger charge is 2.30. The first kappa shape index (κ1) is 17.5. The number of nitrogen functional groups attached to an aromatic ring is 1. The summed E-state index contributed by atoms with van der Waals surface area (Å²) in [7, 11) is 1.96. The number of nitrogens with zero attached hydrogens (tertiary/aromatic N) is 3. The predicted octanol–water partition coefficient (Wildman–Crippen LogP) is 2.43. The van der Waals surface area contributed by atoms with Gasteiger partial charge in [0.15, 0.2) is 0 Å². The van der Waals surface area contributed by atoms with Crippen molar-refractivity contribution >= 4 is 11.8 Å². The van der Waals surface area contributed by atoms with Crippen molar-refractivity contribution in [2.75, 3.05) is 30.8 Å². The standard InChI is InChI=1S/C19H26N4O2/c1-12-4-5-17(13(2)8-12)25-7-6-23(3)18-11-16(21-19(20)22-18)14-9-15(24)10-14/h4-5,8,11,14-15,24H,6-7,9-10H2,1-3H3,(H2,20,21,22). The Morgan fingerprint density at radius 2 is 2.00 bits per heavy atom. The molecule has 0 spiro atoms. The third-order valence-electron chi connectivity index (χ3n) is 4.69. The van der Waals surface area contributed by atoms with E-state index in [0.717, 1.165) is 35.7 Å². The van der Waals surface area contributed by atoms with Gasteiger partial charge in [-0.1, -0.05) is 17.7 Å². The molecule has 1 aliphatic carbocycles. The number of aromatic nitrogens is 2. The molecule has 0 radical (unpaired) electrons. The molecular formula is C19H26N4O2. The third kappa shape index (κ3) is 4.20. The molecule has 6 nitrogen and oxygen atoms in total. The Kier molecular flexibility index (Phi) is 5.08. The molecule has 0 atom stereocenters. The molecule has 0 amide bonds. The van der Waals surface area contributed by atoms with Crippen molar-refractivity contribution in [2.24, 2.45) is 0 Å². The quantitative estimate of drug-likeness (QED) is 0.839. The molecule has 1 saturated carbocycles. The molecule has 3 rings (SSSR count). The van der Waals surface area contributed by atoms with Gasteiger partial charge in [0.2, 0.25) is 5.95 Å². The van der Waals surface area contributed by atoms with E-state index < -0.39 is 0 Å². The number of nitrogens with two attached hydrogens (primary N) is 1. The van der Waals surface area contributed by atoms with E-state index in [2.05, 4.69) is 35.9 Å². The second-order valence-corrected chi connectivity index (χ2v) is 6.87. The van der Waals surface area contributed by atoms with Crippen molar-refractivity contribution in [1.82, 2.24) is 9.97 Å². The summed E-state index contributed by atoms with van der Waals surface area (Å²) in [5.74, 6) is 2.24. The van der Waals surface area contributed by atoms with E-state index in [1.165, 1.54) is 5.56 Å². The molecule has 0 saturated heterocycles. The van der Waals surface area contributed by atoms with Crippen LogP contribution in [0.2, 0.25) is 0 Å². The number of rotatable bonds is 6. The molecule has 1 heterocycles. The first-order valence-corrected chi connectivity index (χ1v) is 8.66. The van der Waals surface area contributed by atoms with Crippen molar-refractivity contribution in [3.63, 3.8) is 0 Å². The van der Waals surface area contributed by atoms with Crippen LogP contribution in [0.4, 0.5) is 11.8 Å². The van der Waals surface area contributed by atoms with E-state index in [-0.39, 0.29) is 18.0 Å². The summed E-state index contributed by atoms with van der Waals surface area (Å²) in [6, 6.07) is 8.14. The minimum atomic E-state index is -0.214. The molecule has 134 valence electrons. The van der Waals surface area contributed by atoms with Crippen molar-refractivity contribution in [3.05, 3.63) is 41.1 Å². The zero-order valence-corrected chi connectivity index (χ0v) is 15.1. The molecule has 1 aliphatic rings. The van der Waals surface area contributed by atoms with Crippen LogP contribution in [0.15, 0.2) is 24.3 Å². The monoisotopic (exact) mass is 342 g/mol. The van der Waals surface area contributed by atoms with Gasteiger partial charge >= 0.3 is 0 Å². The van der Waals surface area contributed by atoms with Gasteiger partial charge in [0.1, 0.15) is 18.2 Å². The topological polar surface area (TPSA) is 84.5 Å². The SMILES string of the molecule is Cc1ccc(OCCN(C)c2cc(C3CC(O)C3)nc(N)n2)c(C)c1. The van der Waals surface area contributed by atoms with E-state index in [1.807, 2.05) is 24.1 Å². The number of ether oxygens (including phenoxy) is 1. The maximum atomic E-state index is 9.49. The lowest BCUT2D eigenvalue weighted by molar-refractivity contribution is 0.0732. The fraction of sp³-hybridized carbons (Fsp3) is 0.474. The third-order valence-corrected chi connectivity index (χ3v) is 4.69. The van der Waals surface area contributed by atoms with Crippen LogP contribution in [0.3, 0.4) is 0 Å². The lowest BCUT2D eigenvalue weighted by Gasteiger charge is -2.31. The van der Waals surface area contributed by atoms with Gasteiger partial charge < -0.3 is 20.5 Å². The van der Waals surface area contributed by atoms with Gasteiger partial charge in [0, 0.05) is 19.0 Å². The first-order chi connectivity index (χ1) is 11.9. The van der Waals surface area contributed by atoms with Crippen LogP contribution in [0.25, 0.3) is 0 Å². The average Bonchev–Trinajstić information content (AvgIpc) is 2.53. The molecule has 25 heavy (non-hydrogen) atoms. The van der Waals surface area contributed by atoms with Crippen molar-refractivity contribution in [3.8, 4) is 5.75 Å². The number of aryl methyl sites for hydroxylation is 2. The molecule has 0 unspecified atom stereocenters. The molecule has 1 aromatic carbocycles. The van der Waals surface area contributed by atoms with Crippen molar-refractivity contribution in [1.29, 1.82) is 0 Å². The van der Waals surface area contributed by atoms with Crippen LogP contribution in [-0.2, 0) is 0 Å². The molecular weight excluding hydrogens is 316 g/mol. The summed E-state index contributed by atoms with van der Waals surface area (Å²) >= 11 is 0. The minimum Gasteiger partial charge on any atom is -0.491 e. The van der Waals surface area contributed by atoms with Crippen LogP contribution >= 0.6 is 0 Å². The summed E-state index contributed by atoms with van der Waals surface area (Å²) < 4.78 is 5.89. The van der Waals surface area contributed by atoms with Crippen LogP contribution in [0.5, 0.6) is 5.75 Å². The summed E-state index contributed by atoms with van der Waals surface area (Å²) in [6.45, 7) is 5.37. The number of hydrogen-bond acceptors (Lipinski definition) is 6. The number of likely N-dealkylation sites (N-methyl/N-ethyl adjacent to an activating group) is 1. The Bertz CT molecular complexity index is 744. The molecule has 1 aromatic heterocycles. The fourth-order valence-corrected chi connectivity index (χ4v) is 3.07. The number of aliphatic hydroxyl groups is 1. The highest BCUT2D eigenvalue weighted by atomic mass is 16.5. The zero-order chi connectivity index (χ0) is 18.0. The number of aliphatic hydroxyl groups excluding tert-OH is 1. The van der Waals surface area contributed by atoms with E-state index in [0.29, 0.717) is 13.2 Å². The molecule has 2 aromatic rings. The van der Waals surface area contributed by atoms with Crippen molar-refractivity contribution in [2.45, 2.75) is 38.7 Å². The highest BCUT2D eigenvalue weighted by molar-refractivity contribution is 5.44. The molecule has 3 N–H and O–H groups in total. The normalized spacial score (nSPS) is 19.4. The van der Waals surface area contributed by atoms with Crippen LogP contribution in [-0.4, -0.2) is 41.4 Å². The Labute approximate surface area is 148 Å². The maximum Gasteiger partial charge on any atom is 0.222 e. The van der Waals surface area contributed by atoms with Gasteiger partial charge in [0.05, 0.1) is 18.3 Å². The smallest absolute Gasteiger partial charge is 0.222 e. The molecule has 1 fully saturated rings. The molecule has 0 aliphatic heterocycles. The zero-order valence-electron chi connectivity index (χ0n) is 15.1. The number of anilines is 2. The van der Waals surface area contributed by atoms with E-state index in [1.54, 1.807) is 0 Å². The van der Waals surface area contributed by atoms with Gasteiger partial charge in [-0.15, -0.1) is 0 Å². The van der Waals surface area contributed by atoms with E-state index >= 15 is 0 Å². The van der Waals surface area contributed by atoms with E-state index in [9.17, 15) is 5.11 Å². The van der Waals surface area contributed by atoms with Crippen LogP contribution in [0.1, 0.15) is 35.6 Å². The van der Waals surface area contributed by atoms with Gasteiger partial charge in [-0.05, 0) is 38.3 Å². The number of benzene rings is 1. The summed E-state index contributed by atoms with van der Waals surface area (Å²) in [5.41, 5.74) is 9.14. The first-order valence-electron chi connectivity index (χ1n) is 8.66. The molecule has 0 bridgehead atoms. The Hall–Kier alpha value is -2.34. The van der Waals surface area contributed by atoms with Gasteiger partial charge in [0.25, 0.3) is 0 Å². The Balaban J connectivity index is 1.60. The molecule has 6 heteroatoms. The second-order valence-electron chi connectivity index (χ2n) is 6.87. The maximum absolute atomic E-state index is 9.49. The predicted molar refractivity (Wildman–Crippen MR) is 99.1 cm³/mol. The lowest BCUT2D eigenvalue weighted by Crippen LogP contribution is -2.29. The fourth-order valence-electron chi connectivity index (χ4n) is 3.07. The summed E-state index contributed by atoms with van der Waals surface area (Å²) in [5, 5.41) is 9.49. The minimum absolute atomic E-state index is 0.214. The van der Waals surface area contributed by atoms with Gasteiger partial charge in [-0.25, -0.2) is 4.98 Å². The van der Waals surface area contributed by atoms with Crippen molar-refractivity contribution < 1.29 is 9.84 Å².